The fourth-order valence-electron chi connectivity index (χ4n) is 2.10. The van der Waals surface area contributed by atoms with E-state index in [9.17, 15) is 4.79 Å². The van der Waals surface area contributed by atoms with E-state index < -0.39 is 5.91 Å². The van der Waals surface area contributed by atoms with E-state index in [0.29, 0.717) is 22.0 Å². The summed E-state index contributed by atoms with van der Waals surface area (Å²) >= 11 is 5.94. The molecular weight excluding hydrogens is 316 g/mol. The maximum absolute atomic E-state index is 12.2. The predicted octanol–water partition coefficient (Wildman–Crippen LogP) is 3.74. The molecule has 1 aromatic heterocycles. The summed E-state index contributed by atoms with van der Waals surface area (Å²) in [6, 6.07) is 15.6. The molecule has 0 atom stereocenters. The Morgan fingerprint density at radius 2 is 2.00 bits per heavy atom. The number of benzene rings is 2. The molecule has 0 saturated carbocycles. The van der Waals surface area contributed by atoms with Gasteiger partial charge in [0.25, 0.3) is 5.91 Å². The molecule has 0 saturated heterocycles. The Hall–Kier alpha value is -2.63. The molecule has 2 aromatic carbocycles. The summed E-state index contributed by atoms with van der Waals surface area (Å²) in [7, 11) is 0. The summed E-state index contributed by atoms with van der Waals surface area (Å²) in [6.07, 6.45) is 0. The Balaban J connectivity index is 1.78. The van der Waals surface area contributed by atoms with Crippen molar-refractivity contribution < 1.29 is 14.4 Å². The first-order chi connectivity index (χ1) is 11.2. The first-order valence-electron chi connectivity index (χ1n) is 6.89. The molecule has 0 unspecified atom stereocenters. The summed E-state index contributed by atoms with van der Waals surface area (Å²) in [4.78, 5) is 12.2. The van der Waals surface area contributed by atoms with Crippen LogP contribution in [0.1, 0.15) is 16.1 Å². The number of aliphatic hydroxyl groups is 1. The largest absolute Gasteiger partial charge is 0.392 e. The minimum Gasteiger partial charge on any atom is -0.392 e. The molecule has 1 amide bonds. The Morgan fingerprint density at radius 1 is 1.17 bits per heavy atom. The van der Waals surface area contributed by atoms with Gasteiger partial charge in [0.1, 0.15) is 0 Å². The number of amides is 1. The fraction of sp³-hybridized carbons (Fsp3) is 0.0588. The number of aliphatic hydroxyl groups excluding tert-OH is 1. The second kappa shape index (κ2) is 6.64. The van der Waals surface area contributed by atoms with Crippen LogP contribution in [0, 0.1) is 0 Å². The third kappa shape index (κ3) is 3.59. The van der Waals surface area contributed by atoms with Gasteiger partial charge in [0.15, 0.2) is 11.5 Å². The lowest BCUT2D eigenvalue weighted by molar-refractivity contribution is 0.101. The van der Waals surface area contributed by atoms with Crippen molar-refractivity contribution in [1.82, 2.24) is 5.16 Å². The van der Waals surface area contributed by atoms with Gasteiger partial charge in [-0.3, -0.25) is 4.79 Å². The van der Waals surface area contributed by atoms with E-state index in [-0.39, 0.29) is 12.3 Å². The molecule has 0 bridgehead atoms. The smallest absolute Gasteiger partial charge is 0.277 e. The number of hydrogen-bond donors (Lipinski definition) is 2. The van der Waals surface area contributed by atoms with Crippen LogP contribution in [-0.2, 0) is 6.61 Å². The molecule has 6 heteroatoms. The number of rotatable bonds is 4. The SMILES string of the molecule is O=C(Nc1cccc(CO)c1)c1cc(-c2cccc(Cl)c2)on1. The van der Waals surface area contributed by atoms with E-state index in [0.717, 1.165) is 5.56 Å². The van der Waals surface area contributed by atoms with Gasteiger partial charge in [0.05, 0.1) is 6.61 Å². The molecule has 3 aromatic rings. The Morgan fingerprint density at radius 3 is 2.78 bits per heavy atom. The Bertz CT molecular complexity index is 845. The van der Waals surface area contributed by atoms with E-state index in [1.807, 2.05) is 6.07 Å². The molecule has 23 heavy (non-hydrogen) atoms. The summed E-state index contributed by atoms with van der Waals surface area (Å²) in [6.45, 7) is -0.0907. The number of carbonyl (C=O) groups excluding carboxylic acids is 1. The number of anilines is 1. The highest BCUT2D eigenvalue weighted by Gasteiger charge is 2.14. The van der Waals surface area contributed by atoms with Crippen molar-refractivity contribution >= 4 is 23.2 Å². The number of hydrogen-bond acceptors (Lipinski definition) is 4. The molecule has 1 heterocycles. The molecule has 0 radical (unpaired) electrons. The highest BCUT2D eigenvalue weighted by Crippen LogP contribution is 2.23. The second-order valence-corrected chi connectivity index (χ2v) is 5.34. The zero-order valence-electron chi connectivity index (χ0n) is 12.0. The normalized spacial score (nSPS) is 10.5. The quantitative estimate of drug-likeness (QED) is 0.765. The highest BCUT2D eigenvalue weighted by molar-refractivity contribution is 6.30. The van der Waals surface area contributed by atoms with Gasteiger partial charge in [-0.25, -0.2) is 0 Å². The van der Waals surface area contributed by atoms with Crippen molar-refractivity contribution in [3.8, 4) is 11.3 Å². The van der Waals surface area contributed by atoms with Gasteiger partial charge in [-0.2, -0.15) is 0 Å². The van der Waals surface area contributed by atoms with Crippen LogP contribution in [0.3, 0.4) is 0 Å². The van der Waals surface area contributed by atoms with Gasteiger partial charge in [-0.15, -0.1) is 0 Å². The first-order valence-corrected chi connectivity index (χ1v) is 7.27. The van der Waals surface area contributed by atoms with Crippen molar-refractivity contribution in [3.05, 3.63) is 70.9 Å². The van der Waals surface area contributed by atoms with Crippen LogP contribution in [-0.4, -0.2) is 16.2 Å². The predicted molar refractivity (Wildman–Crippen MR) is 87.3 cm³/mol. The average molecular weight is 329 g/mol. The number of aromatic nitrogens is 1. The van der Waals surface area contributed by atoms with E-state index in [4.69, 9.17) is 21.2 Å². The van der Waals surface area contributed by atoms with Gasteiger partial charge >= 0.3 is 0 Å². The number of nitrogens with one attached hydrogen (secondary N) is 1. The molecule has 0 spiro atoms. The lowest BCUT2D eigenvalue weighted by Crippen LogP contribution is -2.12. The number of carbonyl (C=O) groups is 1. The van der Waals surface area contributed by atoms with Crippen LogP contribution in [0.5, 0.6) is 0 Å². The fourth-order valence-corrected chi connectivity index (χ4v) is 2.29. The van der Waals surface area contributed by atoms with Gasteiger partial charge in [-0.05, 0) is 29.8 Å². The van der Waals surface area contributed by atoms with Crippen LogP contribution >= 0.6 is 11.6 Å². The van der Waals surface area contributed by atoms with Crippen molar-refractivity contribution in [2.75, 3.05) is 5.32 Å². The molecule has 3 rings (SSSR count). The van der Waals surface area contributed by atoms with Crippen LogP contribution in [0.15, 0.2) is 59.1 Å². The lowest BCUT2D eigenvalue weighted by atomic mass is 10.1. The Kier molecular flexibility index (Phi) is 4.41. The highest BCUT2D eigenvalue weighted by atomic mass is 35.5. The molecule has 0 aliphatic carbocycles. The summed E-state index contributed by atoms with van der Waals surface area (Å²) in [5.74, 6) is 0.0684. The van der Waals surface area contributed by atoms with E-state index in [2.05, 4.69) is 10.5 Å². The zero-order valence-corrected chi connectivity index (χ0v) is 12.7. The van der Waals surface area contributed by atoms with Gasteiger partial charge in [-0.1, -0.05) is 41.0 Å². The van der Waals surface area contributed by atoms with Gasteiger partial charge in [0, 0.05) is 22.3 Å². The molecule has 5 nitrogen and oxygen atoms in total. The van der Waals surface area contributed by atoms with Crippen molar-refractivity contribution in [2.24, 2.45) is 0 Å². The van der Waals surface area contributed by atoms with Crippen molar-refractivity contribution in [1.29, 1.82) is 0 Å². The average Bonchev–Trinajstić information content (AvgIpc) is 3.05. The van der Waals surface area contributed by atoms with Crippen LogP contribution in [0.25, 0.3) is 11.3 Å². The van der Waals surface area contributed by atoms with Crippen LogP contribution < -0.4 is 5.32 Å². The maximum Gasteiger partial charge on any atom is 0.277 e. The van der Waals surface area contributed by atoms with Crippen LogP contribution in [0.4, 0.5) is 5.69 Å². The molecular formula is C17H13ClN2O3. The van der Waals surface area contributed by atoms with Crippen molar-refractivity contribution in [2.45, 2.75) is 6.61 Å². The van der Waals surface area contributed by atoms with E-state index in [1.54, 1.807) is 48.5 Å². The topological polar surface area (TPSA) is 75.4 Å². The molecule has 0 aliphatic rings. The molecule has 116 valence electrons. The Labute approximate surface area is 137 Å². The van der Waals surface area contributed by atoms with E-state index >= 15 is 0 Å². The molecule has 0 aliphatic heterocycles. The lowest BCUT2D eigenvalue weighted by Gasteiger charge is -2.04. The monoisotopic (exact) mass is 328 g/mol. The van der Waals surface area contributed by atoms with Crippen molar-refractivity contribution in [3.63, 3.8) is 0 Å². The second-order valence-electron chi connectivity index (χ2n) is 4.90. The molecule has 2 N–H and O–H groups in total. The summed E-state index contributed by atoms with van der Waals surface area (Å²) in [5.41, 5.74) is 2.19. The minimum absolute atomic E-state index is 0.0907. The van der Waals surface area contributed by atoms with Crippen LogP contribution in [0.2, 0.25) is 5.02 Å². The summed E-state index contributed by atoms with van der Waals surface area (Å²) in [5, 5.41) is 16.2. The first kappa shape index (κ1) is 15.3. The summed E-state index contributed by atoms with van der Waals surface area (Å²) < 4.78 is 5.20. The van der Waals surface area contributed by atoms with E-state index in [1.165, 1.54) is 0 Å². The van der Waals surface area contributed by atoms with Gasteiger partial charge < -0.3 is 14.9 Å². The molecule has 0 fully saturated rings. The number of halogens is 1. The number of nitrogens with zero attached hydrogens (tertiary/aromatic N) is 1. The third-order valence-electron chi connectivity index (χ3n) is 3.22. The standard InChI is InChI=1S/C17H13ClN2O3/c18-13-5-2-4-12(8-13)16-9-15(20-23-16)17(22)19-14-6-1-3-11(7-14)10-21/h1-9,21H,10H2,(H,19,22). The minimum atomic E-state index is -0.392. The zero-order chi connectivity index (χ0) is 16.2. The maximum atomic E-state index is 12.2. The van der Waals surface area contributed by atoms with Gasteiger partial charge in [0.2, 0.25) is 0 Å². The third-order valence-corrected chi connectivity index (χ3v) is 3.45.